The number of carbonyl (C=O) groups excluding carboxylic acids is 4. The maximum Gasteiger partial charge on any atom is 0.264 e. The zero-order valence-corrected chi connectivity index (χ0v) is 9.94. The van der Waals surface area contributed by atoms with Crippen molar-refractivity contribution < 1.29 is 26.0 Å². The minimum Gasteiger partial charge on any atom is -0.398 e. The lowest BCUT2D eigenvalue weighted by Gasteiger charge is -2.27. The van der Waals surface area contributed by atoms with Crippen LogP contribution in [0.3, 0.4) is 0 Å². The molecule has 1 saturated heterocycles. The Bertz CT molecular complexity index is 838. The second-order valence-electron chi connectivity index (χ2n) is 4.21. The van der Waals surface area contributed by atoms with Crippen molar-refractivity contribution in [2.24, 2.45) is 0 Å². The molecule has 7 heteroatoms. The van der Waals surface area contributed by atoms with Gasteiger partial charge in [-0.3, -0.25) is 29.4 Å². The zero-order valence-electron chi connectivity index (χ0n) is 14.9. The van der Waals surface area contributed by atoms with Crippen LogP contribution in [0.15, 0.2) is 18.1 Å². The fraction of sp³-hybridized carbons (Fsp3) is 0.231. The highest BCUT2D eigenvalue weighted by Gasteiger charge is 2.45. The molecule has 7 nitrogen and oxygen atoms in total. The third-order valence-electron chi connectivity index (χ3n) is 2.99. The average molecular weight is 278 g/mol. The minimum atomic E-state index is -2.52. The van der Waals surface area contributed by atoms with E-state index in [4.69, 9.17) is 12.6 Å². The van der Waals surface area contributed by atoms with Crippen LogP contribution in [0, 0.1) is 0 Å². The van der Waals surface area contributed by atoms with E-state index in [2.05, 4.69) is 0 Å². The lowest BCUT2D eigenvalue weighted by Crippen LogP contribution is -2.54. The first-order chi connectivity index (χ1) is 11.5. The number of piperidine rings is 1. The van der Waals surface area contributed by atoms with Crippen LogP contribution in [0.5, 0.6) is 0 Å². The Morgan fingerprint density at radius 2 is 2.05 bits per heavy atom. The Morgan fingerprint density at radius 3 is 2.75 bits per heavy atom. The van der Waals surface area contributed by atoms with Gasteiger partial charge in [0, 0.05) is 14.8 Å². The molecule has 20 heavy (non-hydrogen) atoms. The predicted octanol–water partition coefficient (Wildman–Crippen LogP) is -0.330. The number of nitrogens with one attached hydrogen (secondary N) is 1. The molecule has 0 aromatic heterocycles. The number of imide groups is 2. The van der Waals surface area contributed by atoms with Crippen molar-refractivity contribution in [1.29, 1.82) is 0 Å². The maximum atomic E-state index is 12.6. The van der Waals surface area contributed by atoms with Gasteiger partial charge in [0.1, 0.15) is 6.04 Å². The van der Waals surface area contributed by atoms with Crippen molar-refractivity contribution in [3.8, 4) is 0 Å². The monoisotopic (exact) mass is 278 g/mol. The van der Waals surface area contributed by atoms with Gasteiger partial charge in [0.25, 0.3) is 11.8 Å². The molecular formula is C13H11N3O4. The van der Waals surface area contributed by atoms with Crippen molar-refractivity contribution >= 4 is 29.3 Å². The van der Waals surface area contributed by atoms with Gasteiger partial charge in [0.15, 0.2) is 0 Å². The van der Waals surface area contributed by atoms with Crippen LogP contribution in [0.2, 0.25) is 0 Å². The highest BCUT2D eigenvalue weighted by atomic mass is 16.2. The van der Waals surface area contributed by atoms with Gasteiger partial charge in [0.2, 0.25) is 11.8 Å². The molecule has 4 amide bonds. The average Bonchev–Trinajstić information content (AvgIpc) is 2.74. The van der Waals surface area contributed by atoms with Crippen LogP contribution >= 0.6 is 0 Å². The van der Waals surface area contributed by atoms with E-state index in [0.29, 0.717) is 4.90 Å². The number of rotatable bonds is 1. The number of anilines is 1. The molecule has 3 N–H and O–H groups in total. The van der Waals surface area contributed by atoms with Crippen LogP contribution in [0.1, 0.15) is 40.4 Å². The van der Waals surface area contributed by atoms with E-state index in [-0.39, 0.29) is 0 Å². The second kappa shape index (κ2) is 4.16. The molecule has 0 saturated carbocycles. The van der Waals surface area contributed by atoms with Gasteiger partial charge in [-0.2, -0.15) is 0 Å². The first-order valence-corrected chi connectivity index (χ1v) is 5.60. The van der Waals surface area contributed by atoms with E-state index in [9.17, 15) is 19.2 Å². The molecule has 0 unspecified atom stereocenters. The summed E-state index contributed by atoms with van der Waals surface area (Å²) in [6.45, 7) is 0. The minimum absolute atomic E-state index is 0.305. The third kappa shape index (κ3) is 1.59. The van der Waals surface area contributed by atoms with Crippen LogP contribution in [0.4, 0.5) is 5.69 Å². The third-order valence-corrected chi connectivity index (χ3v) is 2.99. The van der Waals surface area contributed by atoms with E-state index in [1.807, 2.05) is 5.32 Å². The summed E-state index contributed by atoms with van der Waals surface area (Å²) in [5, 5.41) is 1.87. The van der Waals surface area contributed by atoms with Crippen LogP contribution < -0.4 is 11.1 Å². The van der Waals surface area contributed by atoms with Gasteiger partial charge in [-0.25, -0.2) is 0 Å². The van der Waals surface area contributed by atoms with Crippen LogP contribution in [0.25, 0.3) is 0 Å². The van der Waals surface area contributed by atoms with Gasteiger partial charge in [-0.15, -0.1) is 0 Å². The number of hydrogen-bond donors (Lipinski definition) is 2. The first-order valence-electron chi connectivity index (χ1n) is 8.10. The summed E-state index contributed by atoms with van der Waals surface area (Å²) in [7, 11) is 0. The summed E-state index contributed by atoms with van der Waals surface area (Å²) in [6.07, 6.45) is -3.26. The van der Waals surface area contributed by atoms with E-state index in [0.717, 1.165) is 0 Å². The lowest BCUT2D eigenvalue weighted by atomic mass is 10.0. The number of nitrogens with zero attached hydrogens (tertiary/aromatic N) is 1. The number of nitrogen functional groups attached to an aromatic ring is 1. The van der Waals surface area contributed by atoms with Gasteiger partial charge in [-0.1, -0.05) is 6.04 Å². The lowest BCUT2D eigenvalue weighted by molar-refractivity contribution is -0.136. The van der Waals surface area contributed by atoms with Gasteiger partial charge >= 0.3 is 0 Å². The molecule has 2 heterocycles. The second-order valence-corrected chi connectivity index (χ2v) is 4.21. The molecule has 0 radical (unpaired) electrons. The number of hydrogen-bond acceptors (Lipinski definition) is 5. The van der Waals surface area contributed by atoms with Gasteiger partial charge < -0.3 is 5.73 Å². The smallest absolute Gasteiger partial charge is 0.264 e. The van der Waals surface area contributed by atoms with E-state index < -0.39 is 77.4 Å². The zero-order chi connectivity index (χ0) is 18.8. The standard InChI is InChI=1S/C13H11N3O4/c14-7-3-1-2-6-10(7)13(20)16(12(6)19)8-4-5-9(17)15-11(8)18/h1-3,8H,4-5,14H2,(H,15,17,18)/t8-/m1/s1/i1D,2D,3D,4D2. The van der Waals surface area contributed by atoms with Gasteiger partial charge in [-0.05, 0) is 18.5 Å². The Hall–Kier alpha value is -2.70. The SMILES string of the molecule is [2H]c1c([2H])c(N)c2c(c1[2H])C(=O)N([C@H]1C(=O)NC(=O)CC1([2H])[2H])C2=O. The Kier molecular flexibility index (Phi) is 1.62. The van der Waals surface area contributed by atoms with Crippen LogP contribution in [-0.2, 0) is 9.59 Å². The van der Waals surface area contributed by atoms with E-state index in [1.165, 1.54) is 0 Å². The quantitative estimate of drug-likeness (QED) is 0.540. The number of benzene rings is 1. The molecule has 102 valence electrons. The molecule has 1 atom stereocenters. The maximum absolute atomic E-state index is 12.6. The normalized spacial score (nSPS) is 28.1. The van der Waals surface area contributed by atoms with E-state index >= 15 is 0 Å². The molecular weight excluding hydrogens is 262 g/mol. The molecule has 1 fully saturated rings. The fourth-order valence-corrected chi connectivity index (χ4v) is 2.11. The van der Waals surface area contributed by atoms with Gasteiger partial charge in [0.05, 0.1) is 15.2 Å². The Labute approximate surface area is 120 Å². The molecule has 0 spiro atoms. The first kappa shape index (κ1) is 7.78. The summed E-state index contributed by atoms with van der Waals surface area (Å²) in [5.41, 5.74) is 4.08. The number of nitrogens with two attached hydrogens (primary N) is 1. The molecule has 0 bridgehead atoms. The summed E-state index contributed by atoms with van der Waals surface area (Å²) >= 11 is 0. The number of amides is 4. The Morgan fingerprint density at radius 1 is 1.30 bits per heavy atom. The highest BCUT2D eigenvalue weighted by Crippen LogP contribution is 2.30. The molecule has 2 aliphatic rings. The van der Waals surface area contributed by atoms with Crippen molar-refractivity contribution in [3.63, 3.8) is 0 Å². The van der Waals surface area contributed by atoms with Crippen molar-refractivity contribution in [2.75, 3.05) is 5.73 Å². The van der Waals surface area contributed by atoms with Crippen molar-refractivity contribution in [3.05, 3.63) is 29.3 Å². The topological polar surface area (TPSA) is 110 Å². The fourth-order valence-electron chi connectivity index (χ4n) is 2.11. The Balaban J connectivity index is 2.19. The van der Waals surface area contributed by atoms with E-state index in [1.54, 1.807) is 0 Å². The molecule has 0 aliphatic carbocycles. The molecule has 1 aromatic carbocycles. The van der Waals surface area contributed by atoms with Crippen LogP contribution in [-0.4, -0.2) is 34.6 Å². The van der Waals surface area contributed by atoms with Crippen molar-refractivity contribution in [1.82, 2.24) is 10.2 Å². The summed E-state index contributed by atoms with van der Waals surface area (Å²) in [4.78, 5) is 49.0. The summed E-state index contributed by atoms with van der Waals surface area (Å²) < 4.78 is 38.8. The van der Waals surface area contributed by atoms with Crippen molar-refractivity contribution in [2.45, 2.75) is 18.8 Å². The molecule has 3 rings (SSSR count). The highest BCUT2D eigenvalue weighted by molar-refractivity contribution is 6.25. The summed E-state index contributed by atoms with van der Waals surface area (Å²) in [6, 6.07) is -3.91. The predicted molar refractivity (Wildman–Crippen MR) is 67.5 cm³/mol. The molecule has 1 aromatic rings. The largest absolute Gasteiger partial charge is 0.398 e. The molecule has 2 aliphatic heterocycles. The summed E-state index contributed by atoms with van der Waals surface area (Å²) in [5.74, 6) is -4.36. The number of fused-ring (bicyclic) bond motifs is 1. The number of carbonyl (C=O) groups is 4.